The zero-order valence-corrected chi connectivity index (χ0v) is 15.5. The largest absolute Gasteiger partial charge is 0.417 e. The number of anilines is 1. The lowest BCUT2D eigenvalue weighted by atomic mass is 10.1. The van der Waals surface area contributed by atoms with Crippen LogP contribution in [-0.2, 0) is 15.8 Å². The van der Waals surface area contributed by atoms with Gasteiger partial charge in [0.2, 0.25) is 5.91 Å². The lowest BCUT2D eigenvalue weighted by molar-refractivity contribution is -0.138. The molecule has 3 rings (SSSR count). The molecule has 0 spiro atoms. The first-order valence-corrected chi connectivity index (χ1v) is 8.38. The van der Waals surface area contributed by atoms with Gasteiger partial charge >= 0.3 is 12.2 Å². The Morgan fingerprint density at radius 3 is 2.57 bits per heavy atom. The summed E-state index contributed by atoms with van der Waals surface area (Å²) in [6.45, 7) is -0.287. The maximum atomic E-state index is 12.7. The van der Waals surface area contributed by atoms with Crippen LogP contribution in [0.15, 0.2) is 23.2 Å². The van der Waals surface area contributed by atoms with Crippen molar-refractivity contribution >= 4 is 41.5 Å². The molecular weight excluding hydrogens is 403 g/mol. The predicted molar refractivity (Wildman–Crippen MR) is 93.8 cm³/mol. The van der Waals surface area contributed by atoms with E-state index in [-0.39, 0.29) is 12.2 Å². The lowest BCUT2D eigenvalue weighted by Crippen LogP contribution is -2.64. The van der Waals surface area contributed by atoms with Crippen LogP contribution < -0.4 is 5.32 Å². The predicted octanol–water partition coefficient (Wildman–Crippen LogP) is 1.86. The molecule has 2 heterocycles. The molecule has 0 aromatic heterocycles. The van der Waals surface area contributed by atoms with Crippen molar-refractivity contribution in [3.8, 4) is 0 Å². The Hall–Kier alpha value is -2.82. The van der Waals surface area contributed by atoms with Crippen LogP contribution in [0.1, 0.15) is 5.56 Å². The summed E-state index contributed by atoms with van der Waals surface area (Å²) < 4.78 is 38.2. The number of carbonyl (C=O) groups excluding carboxylic acids is 3. The van der Waals surface area contributed by atoms with E-state index in [1.165, 1.54) is 30.2 Å². The Morgan fingerprint density at radius 2 is 1.96 bits per heavy atom. The fourth-order valence-corrected chi connectivity index (χ4v) is 3.32. The molecule has 1 aromatic carbocycles. The number of benzene rings is 1. The van der Waals surface area contributed by atoms with Crippen LogP contribution in [0.3, 0.4) is 0 Å². The Kier molecular flexibility index (Phi) is 4.96. The Labute approximate surface area is 162 Å². The van der Waals surface area contributed by atoms with E-state index in [4.69, 9.17) is 11.6 Å². The van der Waals surface area contributed by atoms with Crippen molar-refractivity contribution in [3.05, 3.63) is 28.8 Å². The van der Waals surface area contributed by atoms with Crippen LogP contribution in [0.25, 0.3) is 0 Å². The van der Waals surface area contributed by atoms with Gasteiger partial charge in [-0.25, -0.2) is 9.79 Å². The molecule has 1 fully saturated rings. The summed E-state index contributed by atoms with van der Waals surface area (Å²) in [5, 5.41) is 1.89. The van der Waals surface area contributed by atoms with Gasteiger partial charge in [-0.1, -0.05) is 11.6 Å². The highest BCUT2D eigenvalue weighted by Gasteiger charge is 2.48. The Bertz CT molecular complexity index is 876. The maximum Gasteiger partial charge on any atom is 0.417 e. The van der Waals surface area contributed by atoms with Crippen LogP contribution in [0.2, 0.25) is 5.02 Å². The fraction of sp³-hybridized carbons (Fsp3) is 0.375. The van der Waals surface area contributed by atoms with E-state index in [0.29, 0.717) is 0 Å². The molecule has 2 aliphatic rings. The van der Waals surface area contributed by atoms with Crippen molar-refractivity contribution in [1.29, 1.82) is 0 Å². The van der Waals surface area contributed by atoms with Gasteiger partial charge in [-0.2, -0.15) is 13.2 Å². The maximum absolute atomic E-state index is 12.7. The summed E-state index contributed by atoms with van der Waals surface area (Å²) in [5.41, 5.74) is -0.930. The minimum Gasteiger partial charge on any atom is -0.338 e. The average Bonchev–Trinajstić information content (AvgIpc) is 3.00. The van der Waals surface area contributed by atoms with Crippen molar-refractivity contribution in [1.82, 2.24) is 14.7 Å². The number of fused-ring (bicyclic) bond motifs is 1. The molecule has 150 valence electrons. The van der Waals surface area contributed by atoms with Gasteiger partial charge in [0.25, 0.3) is 5.91 Å². The number of hydrogen-bond acceptors (Lipinski definition) is 5. The van der Waals surface area contributed by atoms with E-state index in [9.17, 15) is 27.6 Å². The van der Waals surface area contributed by atoms with E-state index in [0.717, 1.165) is 23.1 Å². The zero-order valence-electron chi connectivity index (χ0n) is 14.7. The normalized spacial score (nSPS) is 22.0. The molecule has 0 radical (unpaired) electrons. The monoisotopic (exact) mass is 417 g/mol. The first-order chi connectivity index (χ1) is 13.0. The van der Waals surface area contributed by atoms with Crippen LogP contribution in [-0.4, -0.2) is 71.7 Å². The first-order valence-electron chi connectivity index (χ1n) is 8.00. The molecular formula is C16H15ClF3N5O3. The highest BCUT2D eigenvalue weighted by molar-refractivity contribution is 6.31. The second-order valence-electron chi connectivity index (χ2n) is 6.33. The number of likely N-dealkylation sites (N-methyl/N-ethyl adjacent to an activating group) is 2. The summed E-state index contributed by atoms with van der Waals surface area (Å²) in [6, 6.07) is 1.49. The van der Waals surface area contributed by atoms with Gasteiger partial charge in [0.05, 0.1) is 23.5 Å². The summed E-state index contributed by atoms with van der Waals surface area (Å²) in [7, 11) is 2.83. The first kappa shape index (κ1) is 19.9. The minimum absolute atomic E-state index is 0.0788. The fourth-order valence-electron chi connectivity index (χ4n) is 3.03. The average molecular weight is 418 g/mol. The van der Waals surface area contributed by atoms with Crippen LogP contribution >= 0.6 is 11.6 Å². The number of hydrogen-bond donors (Lipinski definition) is 1. The molecule has 2 aliphatic heterocycles. The smallest absolute Gasteiger partial charge is 0.338 e. The molecule has 2 unspecified atom stereocenters. The van der Waals surface area contributed by atoms with Gasteiger partial charge in [0, 0.05) is 19.8 Å². The molecule has 4 amide bonds. The van der Waals surface area contributed by atoms with Crippen molar-refractivity contribution in [3.63, 3.8) is 0 Å². The van der Waals surface area contributed by atoms with Crippen molar-refractivity contribution in [2.24, 2.45) is 4.99 Å². The number of alkyl halides is 3. The van der Waals surface area contributed by atoms with Gasteiger partial charge in [-0.05, 0) is 18.2 Å². The summed E-state index contributed by atoms with van der Waals surface area (Å²) >= 11 is 5.63. The standard InChI is InChI=1S/C16H15ClF3N5O3/c1-23-13-12(14(27)24(2)15(23)28)25(7-21-13)6-11(26)22-8-3-4-9(10(17)5-8)16(18,19)20/h3-5,7,12-13H,6H2,1-2H3,(H,22,26). The second kappa shape index (κ2) is 6.97. The zero-order chi connectivity index (χ0) is 20.8. The minimum atomic E-state index is -4.60. The number of rotatable bonds is 3. The summed E-state index contributed by atoms with van der Waals surface area (Å²) in [4.78, 5) is 44.3. The van der Waals surface area contributed by atoms with Crippen molar-refractivity contribution in [2.75, 3.05) is 26.0 Å². The van der Waals surface area contributed by atoms with Crippen molar-refractivity contribution < 1.29 is 27.6 Å². The Morgan fingerprint density at radius 1 is 1.29 bits per heavy atom. The number of carbonyl (C=O) groups is 3. The number of nitrogens with zero attached hydrogens (tertiary/aromatic N) is 4. The van der Waals surface area contributed by atoms with Gasteiger partial charge in [0.15, 0.2) is 12.2 Å². The SMILES string of the molecule is CN1C(=O)C2C(N=CN2CC(=O)Nc2ccc(C(F)(F)F)c(Cl)c2)N(C)C1=O. The van der Waals surface area contributed by atoms with Gasteiger partial charge < -0.3 is 15.1 Å². The number of halogens is 4. The third kappa shape index (κ3) is 3.49. The number of urea groups is 1. The van der Waals surface area contributed by atoms with Crippen LogP contribution in [0.4, 0.5) is 23.7 Å². The van der Waals surface area contributed by atoms with Crippen LogP contribution in [0.5, 0.6) is 0 Å². The summed E-state index contributed by atoms with van der Waals surface area (Å²) in [5.74, 6) is -1.09. The van der Waals surface area contributed by atoms with Crippen molar-refractivity contribution in [2.45, 2.75) is 18.4 Å². The van der Waals surface area contributed by atoms with Gasteiger partial charge in [0.1, 0.15) is 0 Å². The molecule has 12 heteroatoms. The molecule has 28 heavy (non-hydrogen) atoms. The topological polar surface area (TPSA) is 85.3 Å². The van der Waals surface area contributed by atoms with Gasteiger partial charge in [-0.3, -0.25) is 14.5 Å². The molecule has 8 nitrogen and oxygen atoms in total. The highest BCUT2D eigenvalue weighted by Crippen LogP contribution is 2.35. The molecule has 1 saturated heterocycles. The summed E-state index contributed by atoms with van der Waals surface area (Å²) in [6.07, 6.45) is -4.04. The molecule has 0 aliphatic carbocycles. The molecule has 0 bridgehead atoms. The molecule has 1 N–H and O–H groups in total. The second-order valence-corrected chi connectivity index (χ2v) is 6.73. The van der Waals surface area contributed by atoms with E-state index >= 15 is 0 Å². The quantitative estimate of drug-likeness (QED) is 0.813. The van der Waals surface area contributed by atoms with E-state index in [2.05, 4.69) is 10.3 Å². The number of aliphatic imine (C=N–C) groups is 1. The van der Waals surface area contributed by atoms with Crippen LogP contribution in [0, 0.1) is 0 Å². The van der Waals surface area contributed by atoms with Gasteiger partial charge in [-0.15, -0.1) is 0 Å². The van der Waals surface area contributed by atoms with E-state index < -0.39 is 46.8 Å². The van der Waals surface area contributed by atoms with E-state index in [1.807, 2.05) is 0 Å². The molecule has 1 aromatic rings. The Balaban J connectivity index is 1.69. The molecule has 0 saturated carbocycles. The third-order valence-electron chi connectivity index (χ3n) is 4.46. The third-order valence-corrected chi connectivity index (χ3v) is 4.77. The highest BCUT2D eigenvalue weighted by atomic mass is 35.5. The van der Waals surface area contributed by atoms with E-state index in [1.54, 1.807) is 0 Å². The number of imide groups is 1. The number of amides is 4. The lowest BCUT2D eigenvalue weighted by Gasteiger charge is -2.39. The number of nitrogens with one attached hydrogen (secondary N) is 1. The molecule has 2 atom stereocenters.